The van der Waals surface area contributed by atoms with Crippen molar-refractivity contribution in [1.82, 2.24) is 20.5 Å². The summed E-state index contributed by atoms with van der Waals surface area (Å²) >= 11 is 0. The average Bonchev–Trinajstić information content (AvgIpc) is 3.34. The molecule has 2 fully saturated rings. The fourth-order valence-corrected chi connectivity index (χ4v) is 2.60. The zero-order chi connectivity index (χ0) is 15.6. The van der Waals surface area contributed by atoms with E-state index in [1.54, 1.807) is 0 Å². The molecule has 1 atom stereocenters. The van der Waals surface area contributed by atoms with Gasteiger partial charge < -0.3 is 15.4 Å². The van der Waals surface area contributed by atoms with Crippen molar-refractivity contribution in [1.29, 1.82) is 0 Å². The highest BCUT2D eigenvalue weighted by molar-refractivity contribution is 5.94. The predicted molar refractivity (Wildman–Crippen MR) is 92.3 cm³/mol. The van der Waals surface area contributed by atoms with Crippen LogP contribution in [0.3, 0.4) is 0 Å². The number of aromatic nitrogens is 3. The summed E-state index contributed by atoms with van der Waals surface area (Å²) in [6, 6.07) is 7.54. The summed E-state index contributed by atoms with van der Waals surface area (Å²) in [5, 5.41) is 13.3. The monoisotopic (exact) mass is 349 g/mol. The molecular weight excluding hydrogens is 330 g/mol. The van der Waals surface area contributed by atoms with E-state index in [0.717, 1.165) is 23.6 Å². The van der Waals surface area contributed by atoms with Crippen LogP contribution in [0.1, 0.15) is 24.6 Å². The van der Waals surface area contributed by atoms with E-state index < -0.39 is 6.10 Å². The molecule has 4 rings (SSSR count). The minimum absolute atomic E-state index is 0. The molecule has 128 valence electrons. The molecule has 1 aromatic carbocycles. The Morgan fingerprint density at radius 1 is 1.25 bits per heavy atom. The van der Waals surface area contributed by atoms with E-state index in [9.17, 15) is 4.79 Å². The van der Waals surface area contributed by atoms with Gasteiger partial charge in [0.25, 0.3) is 5.91 Å². The number of benzene rings is 1. The van der Waals surface area contributed by atoms with Gasteiger partial charge >= 0.3 is 0 Å². The predicted octanol–water partition coefficient (Wildman–Crippen LogP) is 1.70. The highest BCUT2D eigenvalue weighted by Gasteiger charge is 2.27. The number of hydrogen-bond acceptors (Lipinski definition) is 5. The number of amides is 1. The summed E-state index contributed by atoms with van der Waals surface area (Å²) in [6.45, 7) is 1.90. The van der Waals surface area contributed by atoms with Gasteiger partial charge in [0.15, 0.2) is 5.82 Å². The quantitative estimate of drug-likeness (QED) is 0.781. The number of nitrogens with one attached hydrogen (secondary N) is 3. The van der Waals surface area contributed by atoms with Crippen LogP contribution in [0.5, 0.6) is 0 Å². The van der Waals surface area contributed by atoms with Crippen molar-refractivity contribution in [2.75, 3.05) is 25.0 Å². The standard InChI is InChI=1S/C16H19N5O2.ClH/c22-16(13-9-17-7-8-23-13)18-12-5-3-11(4-6-12)15-19-14(20-21-15)10-1-2-10;/h3-6,10,13,17H,1-2,7-9H2,(H,18,22)(H,19,20,21);1H/t13-;/m1./s1. The number of carbonyl (C=O) groups excluding carboxylic acids is 1. The molecule has 1 amide bonds. The minimum atomic E-state index is -0.433. The summed E-state index contributed by atoms with van der Waals surface area (Å²) < 4.78 is 5.44. The molecule has 0 bridgehead atoms. The van der Waals surface area contributed by atoms with E-state index in [4.69, 9.17) is 4.74 Å². The molecule has 1 saturated carbocycles. The van der Waals surface area contributed by atoms with Crippen molar-refractivity contribution in [2.45, 2.75) is 24.9 Å². The number of hydrogen-bond donors (Lipinski definition) is 3. The Labute approximate surface area is 146 Å². The summed E-state index contributed by atoms with van der Waals surface area (Å²) in [7, 11) is 0. The van der Waals surface area contributed by atoms with Crippen LogP contribution in [0.15, 0.2) is 24.3 Å². The Balaban J connectivity index is 0.00000169. The SMILES string of the molecule is Cl.O=C(Nc1ccc(-c2n[nH]c(C3CC3)n2)cc1)[C@H]1CNCCO1. The third kappa shape index (κ3) is 3.75. The number of ether oxygens (including phenoxy) is 1. The second kappa shape index (κ2) is 7.29. The van der Waals surface area contributed by atoms with Crippen LogP contribution in [0.25, 0.3) is 11.4 Å². The third-order valence-electron chi connectivity index (χ3n) is 4.10. The lowest BCUT2D eigenvalue weighted by Gasteiger charge is -2.22. The highest BCUT2D eigenvalue weighted by atomic mass is 35.5. The van der Waals surface area contributed by atoms with Gasteiger partial charge in [-0.05, 0) is 37.1 Å². The van der Waals surface area contributed by atoms with Crippen molar-refractivity contribution in [3.8, 4) is 11.4 Å². The van der Waals surface area contributed by atoms with Gasteiger partial charge in [-0.2, -0.15) is 5.10 Å². The molecule has 0 unspecified atom stereocenters. The van der Waals surface area contributed by atoms with Crippen molar-refractivity contribution in [2.24, 2.45) is 0 Å². The third-order valence-corrected chi connectivity index (χ3v) is 4.10. The molecule has 2 aliphatic rings. The van der Waals surface area contributed by atoms with Crippen LogP contribution in [-0.4, -0.2) is 46.9 Å². The van der Waals surface area contributed by atoms with Gasteiger partial charge in [0.2, 0.25) is 0 Å². The summed E-state index contributed by atoms with van der Waals surface area (Å²) in [6.07, 6.45) is 1.95. The van der Waals surface area contributed by atoms with Gasteiger partial charge in [0.05, 0.1) is 6.61 Å². The largest absolute Gasteiger partial charge is 0.366 e. The Morgan fingerprint density at radius 2 is 2.04 bits per heavy atom. The van der Waals surface area contributed by atoms with E-state index in [0.29, 0.717) is 24.9 Å². The normalized spacial score (nSPS) is 20.2. The lowest BCUT2D eigenvalue weighted by atomic mass is 10.2. The topological polar surface area (TPSA) is 91.9 Å². The number of carbonyl (C=O) groups is 1. The molecule has 24 heavy (non-hydrogen) atoms. The van der Waals surface area contributed by atoms with Gasteiger partial charge in [-0.15, -0.1) is 12.4 Å². The molecule has 2 heterocycles. The summed E-state index contributed by atoms with van der Waals surface area (Å²) in [4.78, 5) is 16.6. The smallest absolute Gasteiger partial charge is 0.254 e. The number of H-pyrrole nitrogens is 1. The van der Waals surface area contributed by atoms with Gasteiger partial charge in [0, 0.05) is 30.3 Å². The average molecular weight is 350 g/mol. The van der Waals surface area contributed by atoms with Gasteiger partial charge in [-0.1, -0.05) is 0 Å². The molecule has 8 heteroatoms. The van der Waals surface area contributed by atoms with E-state index in [1.165, 1.54) is 12.8 Å². The number of morpholine rings is 1. The molecular formula is C16H20ClN5O2. The first-order chi connectivity index (χ1) is 11.3. The first kappa shape index (κ1) is 16.9. The van der Waals surface area contributed by atoms with E-state index in [1.807, 2.05) is 24.3 Å². The first-order valence-electron chi connectivity index (χ1n) is 7.95. The number of halogens is 1. The lowest BCUT2D eigenvalue weighted by Crippen LogP contribution is -2.45. The maximum Gasteiger partial charge on any atom is 0.254 e. The Kier molecular flexibility index (Phi) is 5.13. The molecule has 2 aromatic rings. The van der Waals surface area contributed by atoms with E-state index in [2.05, 4.69) is 25.8 Å². The Morgan fingerprint density at radius 3 is 2.71 bits per heavy atom. The molecule has 1 saturated heterocycles. The van der Waals surface area contributed by atoms with Crippen LogP contribution < -0.4 is 10.6 Å². The van der Waals surface area contributed by atoms with Crippen LogP contribution in [0, 0.1) is 0 Å². The molecule has 3 N–H and O–H groups in total. The van der Waals surface area contributed by atoms with Crippen molar-refractivity contribution >= 4 is 24.0 Å². The lowest BCUT2D eigenvalue weighted by molar-refractivity contribution is -0.128. The fourth-order valence-electron chi connectivity index (χ4n) is 2.60. The molecule has 1 aliphatic carbocycles. The molecule has 1 aromatic heterocycles. The number of rotatable bonds is 4. The highest BCUT2D eigenvalue weighted by Crippen LogP contribution is 2.38. The van der Waals surface area contributed by atoms with Gasteiger partial charge in [-0.3, -0.25) is 9.89 Å². The maximum atomic E-state index is 12.1. The minimum Gasteiger partial charge on any atom is -0.366 e. The van der Waals surface area contributed by atoms with Crippen molar-refractivity contribution in [3.63, 3.8) is 0 Å². The second-order valence-electron chi connectivity index (χ2n) is 5.95. The first-order valence-corrected chi connectivity index (χ1v) is 7.95. The Hall–Kier alpha value is -1.96. The van der Waals surface area contributed by atoms with Crippen molar-refractivity contribution in [3.05, 3.63) is 30.1 Å². The Bertz CT molecular complexity index is 693. The van der Waals surface area contributed by atoms with Crippen molar-refractivity contribution < 1.29 is 9.53 Å². The zero-order valence-electron chi connectivity index (χ0n) is 13.1. The molecule has 0 radical (unpaired) electrons. The summed E-state index contributed by atoms with van der Waals surface area (Å²) in [5.74, 6) is 2.10. The second-order valence-corrected chi connectivity index (χ2v) is 5.95. The summed E-state index contributed by atoms with van der Waals surface area (Å²) in [5.41, 5.74) is 1.67. The van der Waals surface area contributed by atoms with E-state index in [-0.39, 0.29) is 18.3 Å². The van der Waals surface area contributed by atoms with Gasteiger partial charge in [-0.25, -0.2) is 4.98 Å². The zero-order valence-corrected chi connectivity index (χ0v) is 13.9. The molecule has 0 spiro atoms. The van der Waals surface area contributed by atoms with Crippen LogP contribution in [0.4, 0.5) is 5.69 Å². The maximum absolute atomic E-state index is 12.1. The fraction of sp³-hybridized carbons (Fsp3) is 0.438. The molecule has 7 nitrogen and oxygen atoms in total. The molecule has 1 aliphatic heterocycles. The van der Waals surface area contributed by atoms with Gasteiger partial charge in [0.1, 0.15) is 11.9 Å². The van der Waals surface area contributed by atoms with Crippen LogP contribution >= 0.6 is 12.4 Å². The van der Waals surface area contributed by atoms with Crippen LogP contribution in [0.2, 0.25) is 0 Å². The van der Waals surface area contributed by atoms with Crippen LogP contribution in [-0.2, 0) is 9.53 Å². The number of anilines is 1. The van der Waals surface area contributed by atoms with E-state index >= 15 is 0 Å². The number of nitrogens with zero attached hydrogens (tertiary/aromatic N) is 2. The number of aromatic amines is 1.